The van der Waals surface area contributed by atoms with Gasteiger partial charge in [-0.15, -0.1) is 0 Å². The Labute approximate surface area is 206 Å². The van der Waals surface area contributed by atoms with Crippen molar-refractivity contribution < 1.29 is 9.59 Å². The molecular weight excluding hydrogens is 444 g/mol. The Kier molecular flexibility index (Phi) is 8.37. The van der Waals surface area contributed by atoms with Crippen LogP contribution in [0, 0.1) is 0 Å². The van der Waals surface area contributed by atoms with Crippen molar-refractivity contribution in [2.45, 2.75) is 57.2 Å². The minimum absolute atomic E-state index is 0.0841. The van der Waals surface area contributed by atoms with Crippen LogP contribution < -0.4 is 5.32 Å². The van der Waals surface area contributed by atoms with Crippen molar-refractivity contribution in [1.82, 2.24) is 10.2 Å². The van der Waals surface area contributed by atoms with Gasteiger partial charge >= 0.3 is 0 Å². The van der Waals surface area contributed by atoms with Crippen molar-refractivity contribution in [3.05, 3.63) is 107 Å². The van der Waals surface area contributed by atoms with E-state index in [1.54, 1.807) is 11.0 Å². The molecule has 5 heteroatoms. The number of halogens is 1. The lowest BCUT2D eigenvalue weighted by Crippen LogP contribution is -2.52. The Hall–Kier alpha value is -3.11. The molecule has 4 rings (SSSR count). The molecule has 1 N–H and O–H groups in total. The molecule has 3 aromatic carbocycles. The topological polar surface area (TPSA) is 49.4 Å². The molecule has 176 valence electrons. The maximum atomic E-state index is 13.7. The Balaban J connectivity index is 1.65. The summed E-state index contributed by atoms with van der Waals surface area (Å²) in [6.07, 6.45) is 4.86. The quantitative estimate of drug-likeness (QED) is 0.440. The average molecular weight is 475 g/mol. The van der Waals surface area contributed by atoms with E-state index < -0.39 is 6.04 Å². The van der Waals surface area contributed by atoms with E-state index >= 15 is 0 Å². The summed E-state index contributed by atoms with van der Waals surface area (Å²) in [5.41, 5.74) is 2.78. The lowest BCUT2D eigenvalue weighted by molar-refractivity contribution is -0.141. The molecule has 34 heavy (non-hydrogen) atoms. The molecule has 0 aromatic heterocycles. The van der Waals surface area contributed by atoms with Gasteiger partial charge < -0.3 is 10.2 Å². The summed E-state index contributed by atoms with van der Waals surface area (Å²) >= 11 is 6.37. The first kappa shape index (κ1) is 24.0. The van der Waals surface area contributed by atoms with Crippen LogP contribution in [0.3, 0.4) is 0 Å². The lowest BCUT2D eigenvalue weighted by Gasteiger charge is -2.32. The highest BCUT2D eigenvalue weighted by atomic mass is 35.5. The van der Waals surface area contributed by atoms with Crippen molar-refractivity contribution in [2.24, 2.45) is 0 Å². The van der Waals surface area contributed by atoms with Gasteiger partial charge in [0.2, 0.25) is 11.8 Å². The summed E-state index contributed by atoms with van der Waals surface area (Å²) in [7, 11) is 0. The van der Waals surface area contributed by atoms with E-state index in [4.69, 9.17) is 11.6 Å². The summed E-state index contributed by atoms with van der Waals surface area (Å²) in [6, 6.07) is 26.7. The molecule has 0 radical (unpaired) electrons. The number of carbonyl (C=O) groups is 2. The highest BCUT2D eigenvalue weighted by molar-refractivity contribution is 6.31. The third-order valence-electron chi connectivity index (χ3n) is 6.47. The predicted octanol–water partition coefficient (Wildman–Crippen LogP) is 5.58. The van der Waals surface area contributed by atoms with Crippen LogP contribution in [0.5, 0.6) is 0 Å². The first-order chi connectivity index (χ1) is 16.6. The van der Waals surface area contributed by atoms with Crippen LogP contribution in [-0.2, 0) is 29.0 Å². The maximum absolute atomic E-state index is 13.7. The Morgan fingerprint density at radius 2 is 1.44 bits per heavy atom. The van der Waals surface area contributed by atoms with Crippen molar-refractivity contribution in [2.75, 3.05) is 0 Å². The minimum atomic E-state index is -0.613. The molecule has 1 fully saturated rings. The molecule has 2 amide bonds. The van der Waals surface area contributed by atoms with Crippen molar-refractivity contribution in [1.29, 1.82) is 0 Å². The number of carbonyl (C=O) groups excluding carboxylic acids is 2. The van der Waals surface area contributed by atoms with E-state index in [9.17, 15) is 9.59 Å². The molecule has 0 bridgehead atoms. The first-order valence-electron chi connectivity index (χ1n) is 12.0. The fourth-order valence-electron chi connectivity index (χ4n) is 4.61. The van der Waals surface area contributed by atoms with E-state index in [-0.39, 0.29) is 24.3 Å². The van der Waals surface area contributed by atoms with E-state index in [1.807, 2.05) is 78.9 Å². The fourth-order valence-corrected chi connectivity index (χ4v) is 4.81. The lowest BCUT2D eigenvalue weighted by atomic mass is 10.0. The number of benzene rings is 3. The van der Waals surface area contributed by atoms with Crippen LogP contribution in [0.2, 0.25) is 5.02 Å². The summed E-state index contributed by atoms with van der Waals surface area (Å²) in [5, 5.41) is 3.80. The Morgan fingerprint density at radius 1 is 0.853 bits per heavy atom. The molecule has 4 nitrogen and oxygen atoms in total. The van der Waals surface area contributed by atoms with Gasteiger partial charge in [0, 0.05) is 24.0 Å². The minimum Gasteiger partial charge on any atom is -0.352 e. The molecule has 1 saturated carbocycles. The van der Waals surface area contributed by atoms with Crippen molar-refractivity contribution in [3.63, 3.8) is 0 Å². The molecule has 0 saturated heterocycles. The highest BCUT2D eigenvalue weighted by Gasteiger charge is 2.32. The number of hydrogen-bond donors (Lipinski definition) is 1. The SMILES string of the molecule is O=C(NC1CCCC1)[C@H](Cc1ccccc1)N(Cc1ccccc1)C(=O)Cc1ccccc1Cl. The van der Waals surface area contributed by atoms with Crippen LogP contribution >= 0.6 is 11.6 Å². The van der Waals surface area contributed by atoms with Crippen LogP contribution in [0.25, 0.3) is 0 Å². The highest BCUT2D eigenvalue weighted by Crippen LogP contribution is 2.22. The molecule has 0 heterocycles. The molecule has 1 aliphatic rings. The van der Waals surface area contributed by atoms with Gasteiger partial charge in [0.1, 0.15) is 6.04 Å². The molecule has 1 atom stereocenters. The fraction of sp³-hybridized carbons (Fsp3) is 0.310. The Morgan fingerprint density at radius 3 is 2.09 bits per heavy atom. The summed E-state index contributed by atoms with van der Waals surface area (Å²) < 4.78 is 0. The van der Waals surface area contributed by atoms with E-state index in [0.29, 0.717) is 18.0 Å². The number of nitrogens with one attached hydrogen (secondary N) is 1. The first-order valence-corrected chi connectivity index (χ1v) is 12.4. The second-order valence-corrected chi connectivity index (χ2v) is 9.38. The van der Waals surface area contributed by atoms with Gasteiger partial charge in [-0.3, -0.25) is 9.59 Å². The largest absolute Gasteiger partial charge is 0.352 e. The number of amides is 2. The van der Waals surface area contributed by atoms with Crippen molar-refractivity contribution >= 4 is 23.4 Å². The smallest absolute Gasteiger partial charge is 0.243 e. The zero-order valence-electron chi connectivity index (χ0n) is 19.3. The Bertz CT molecular complexity index is 1080. The molecule has 3 aromatic rings. The summed E-state index contributed by atoms with van der Waals surface area (Å²) in [4.78, 5) is 29.1. The summed E-state index contributed by atoms with van der Waals surface area (Å²) in [5.74, 6) is -0.196. The number of hydrogen-bond acceptors (Lipinski definition) is 2. The molecular formula is C29H31ClN2O2. The molecule has 1 aliphatic carbocycles. The van der Waals surface area contributed by atoms with Crippen LogP contribution in [-0.4, -0.2) is 28.8 Å². The van der Waals surface area contributed by atoms with Gasteiger partial charge in [-0.2, -0.15) is 0 Å². The molecule has 0 unspecified atom stereocenters. The van der Waals surface area contributed by atoms with Crippen molar-refractivity contribution in [3.8, 4) is 0 Å². The second kappa shape index (κ2) is 11.8. The van der Waals surface area contributed by atoms with Crippen LogP contribution in [0.15, 0.2) is 84.9 Å². The van der Waals surface area contributed by atoms with Gasteiger partial charge in [-0.05, 0) is 35.6 Å². The molecule has 0 spiro atoms. The summed E-state index contributed by atoms with van der Waals surface area (Å²) in [6.45, 7) is 0.361. The maximum Gasteiger partial charge on any atom is 0.243 e. The third kappa shape index (κ3) is 6.48. The van der Waals surface area contributed by atoms with E-state index in [0.717, 1.165) is 42.4 Å². The predicted molar refractivity (Wildman–Crippen MR) is 136 cm³/mol. The van der Waals surface area contributed by atoms with E-state index in [1.165, 1.54) is 0 Å². The second-order valence-electron chi connectivity index (χ2n) is 8.97. The monoisotopic (exact) mass is 474 g/mol. The van der Waals surface area contributed by atoms with E-state index in [2.05, 4.69) is 5.32 Å². The van der Waals surface area contributed by atoms with Gasteiger partial charge in [0.25, 0.3) is 0 Å². The average Bonchev–Trinajstić information content (AvgIpc) is 3.37. The van der Waals surface area contributed by atoms with Gasteiger partial charge in [0.15, 0.2) is 0 Å². The van der Waals surface area contributed by atoms with Gasteiger partial charge in [0.05, 0.1) is 6.42 Å². The van der Waals surface area contributed by atoms with Gasteiger partial charge in [-0.1, -0.05) is 103 Å². The normalized spacial score (nSPS) is 14.5. The standard InChI is InChI=1S/C29H31ClN2O2/c30-26-18-10-7-15-24(26)20-28(33)32(21-23-13-5-2-6-14-23)27(19-22-11-3-1-4-12-22)29(34)31-25-16-8-9-17-25/h1-7,10-15,18,25,27H,8-9,16-17,19-21H2,(H,31,34)/t27-/m0/s1. The molecule has 0 aliphatic heterocycles. The number of nitrogens with zero attached hydrogens (tertiary/aromatic N) is 1. The van der Waals surface area contributed by atoms with Crippen LogP contribution in [0.4, 0.5) is 0 Å². The third-order valence-corrected chi connectivity index (χ3v) is 6.84. The van der Waals surface area contributed by atoms with Gasteiger partial charge in [-0.25, -0.2) is 0 Å². The zero-order valence-corrected chi connectivity index (χ0v) is 20.1. The number of rotatable bonds is 9. The zero-order chi connectivity index (χ0) is 23.8. The van der Waals surface area contributed by atoms with Crippen LogP contribution in [0.1, 0.15) is 42.4 Å².